The smallest absolute Gasteiger partial charge is 0.165 e. The molecule has 2 aromatic carbocycles. The summed E-state index contributed by atoms with van der Waals surface area (Å²) < 4.78 is 5.82. The Morgan fingerprint density at radius 1 is 1.00 bits per heavy atom. The summed E-state index contributed by atoms with van der Waals surface area (Å²) in [6, 6.07) is 19.6. The summed E-state index contributed by atoms with van der Waals surface area (Å²) >= 11 is 0. The first kappa shape index (κ1) is 13.5. The zero-order chi connectivity index (χ0) is 13.5. The van der Waals surface area contributed by atoms with Crippen LogP contribution >= 0.6 is 0 Å². The highest BCUT2D eigenvalue weighted by atomic mass is 16.5. The summed E-state index contributed by atoms with van der Waals surface area (Å²) in [5.41, 5.74) is 2.00. The number of rotatable bonds is 6. The zero-order valence-corrected chi connectivity index (χ0v) is 11.1. The van der Waals surface area contributed by atoms with Gasteiger partial charge in [-0.05, 0) is 11.1 Å². The molecule has 1 atom stereocenters. The number of carbonyl (C=O) groups is 1. The quantitative estimate of drug-likeness (QED) is 0.781. The van der Waals surface area contributed by atoms with Crippen molar-refractivity contribution < 1.29 is 9.53 Å². The van der Waals surface area contributed by atoms with Crippen LogP contribution in [0.15, 0.2) is 60.7 Å². The molecule has 0 N–H and O–H groups in total. The van der Waals surface area contributed by atoms with E-state index < -0.39 is 6.10 Å². The molecule has 0 bridgehead atoms. The second-order valence-electron chi connectivity index (χ2n) is 4.41. The van der Waals surface area contributed by atoms with E-state index in [1.807, 2.05) is 67.6 Å². The lowest BCUT2D eigenvalue weighted by atomic mass is 10.0. The van der Waals surface area contributed by atoms with Crippen molar-refractivity contribution in [2.45, 2.75) is 26.1 Å². The van der Waals surface area contributed by atoms with Crippen LogP contribution in [0.25, 0.3) is 0 Å². The van der Waals surface area contributed by atoms with Crippen LogP contribution in [-0.2, 0) is 16.1 Å². The van der Waals surface area contributed by atoms with Crippen LogP contribution in [0, 0.1) is 0 Å². The van der Waals surface area contributed by atoms with Gasteiger partial charge in [0.1, 0.15) is 6.10 Å². The monoisotopic (exact) mass is 254 g/mol. The molecule has 0 aromatic heterocycles. The zero-order valence-electron chi connectivity index (χ0n) is 11.1. The molecule has 1 unspecified atom stereocenters. The van der Waals surface area contributed by atoms with Gasteiger partial charge in [0.05, 0.1) is 6.61 Å². The summed E-state index contributed by atoms with van der Waals surface area (Å²) in [5, 5.41) is 0. The maximum atomic E-state index is 12.0. The summed E-state index contributed by atoms with van der Waals surface area (Å²) in [7, 11) is 0. The average molecular weight is 254 g/mol. The van der Waals surface area contributed by atoms with Gasteiger partial charge in [-0.25, -0.2) is 0 Å². The maximum absolute atomic E-state index is 12.0. The van der Waals surface area contributed by atoms with Crippen molar-refractivity contribution in [1.29, 1.82) is 0 Å². The van der Waals surface area contributed by atoms with Gasteiger partial charge in [-0.2, -0.15) is 0 Å². The summed E-state index contributed by atoms with van der Waals surface area (Å²) in [6.07, 6.45) is 0.0142. The summed E-state index contributed by atoms with van der Waals surface area (Å²) in [5.74, 6) is 0.113. The van der Waals surface area contributed by atoms with E-state index in [0.717, 1.165) is 11.1 Å². The lowest BCUT2D eigenvalue weighted by Crippen LogP contribution is -2.15. The van der Waals surface area contributed by atoms with Gasteiger partial charge in [0.15, 0.2) is 5.78 Å². The van der Waals surface area contributed by atoms with E-state index in [1.54, 1.807) is 0 Å². The molecule has 2 heteroatoms. The molecule has 0 heterocycles. The second kappa shape index (κ2) is 6.86. The first-order valence-corrected chi connectivity index (χ1v) is 6.54. The normalized spacial score (nSPS) is 12.1. The Balaban J connectivity index is 2.09. The highest BCUT2D eigenvalue weighted by Crippen LogP contribution is 2.21. The minimum Gasteiger partial charge on any atom is -0.361 e. The van der Waals surface area contributed by atoms with Gasteiger partial charge in [-0.3, -0.25) is 4.79 Å². The van der Waals surface area contributed by atoms with Crippen LogP contribution in [0.4, 0.5) is 0 Å². The highest BCUT2D eigenvalue weighted by molar-refractivity contribution is 5.84. The number of Topliss-reactive ketones (excluding diaryl/α,β-unsaturated/α-hetero) is 1. The molecule has 19 heavy (non-hydrogen) atoms. The predicted molar refractivity (Wildman–Crippen MR) is 75.7 cm³/mol. The van der Waals surface area contributed by atoms with E-state index >= 15 is 0 Å². The molecule has 0 amide bonds. The molecule has 2 nitrogen and oxygen atoms in total. The Morgan fingerprint density at radius 3 is 2.16 bits per heavy atom. The number of hydrogen-bond acceptors (Lipinski definition) is 2. The van der Waals surface area contributed by atoms with Crippen molar-refractivity contribution in [3.63, 3.8) is 0 Å². The van der Waals surface area contributed by atoms with Gasteiger partial charge in [0.25, 0.3) is 0 Å². The van der Waals surface area contributed by atoms with Gasteiger partial charge in [0.2, 0.25) is 0 Å². The average Bonchev–Trinajstić information content (AvgIpc) is 2.49. The minimum absolute atomic E-state index is 0.113. The van der Waals surface area contributed by atoms with Crippen LogP contribution in [-0.4, -0.2) is 5.78 Å². The van der Waals surface area contributed by atoms with Gasteiger partial charge >= 0.3 is 0 Å². The number of ketones is 1. The number of benzene rings is 2. The fraction of sp³-hybridized carbons (Fsp3) is 0.235. The van der Waals surface area contributed by atoms with Crippen LogP contribution in [0.5, 0.6) is 0 Å². The van der Waals surface area contributed by atoms with Crippen LogP contribution in [0.3, 0.4) is 0 Å². The van der Waals surface area contributed by atoms with E-state index in [4.69, 9.17) is 4.74 Å². The van der Waals surface area contributed by atoms with Crippen molar-refractivity contribution in [2.75, 3.05) is 0 Å². The Morgan fingerprint density at radius 2 is 1.58 bits per heavy atom. The molecule has 2 rings (SSSR count). The molecule has 0 saturated heterocycles. The third-order valence-corrected chi connectivity index (χ3v) is 3.00. The summed E-state index contributed by atoms with van der Waals surface area (Å²) in [4.78, 5) is 12.0. The molecule has 0 aliphatic carbocycles. The molecular weight excluding hydrogens is 236 g/mol. The topological polar surface area (TPSA) is 26.3 Å². The molecular formula is C17H18O2. The van der Waals surface area contributed by atoms with Gasteiger partial charge < -0.3 is 4.74 Å². The van der Waals surface area contributed by atoms with Crippen molar-refractivity contribution in [1.82, 2.24) is 0 Å². The minimum atomic E-state index is -0.466. The molecule has 0 aliphatic heterocycles. The molecule has 0 fully saturated rings. The Labute approximate surface area is 114 Å². The fourth-order valence-electron chi connectivity index (χ4n) is 1.94. The molecule has 98 valence electrons. The standard InChI is InChI=1S/C17H18O2/c1-2-16(18)17(15-11-7-4-8-12-15)19-13-14-9-5-3-6-10-14/h3-12,17H,2,13H2,1H3. The molecule has 0 radical (unpaired) electrons. The van der Waals surface area contributed by atoms with Gasteiger partial charge in [0, 0.05) is 6.42 Å². The van der Waals surface area contributed by atoms with E-state index in [-0.39, 0.29) is 5.78 Å². The lowest BCUT2D eigenvalue weighted by Gasteiger charge is -2.16. The maximum Gasteiger partial charge on any atom is 0.165 e. The third kappa shape index (κ3) is 3.76. The molecule has 2 aromatic rings. The SMILES string of the molecule is CCC(=O)C(OCc1ccccc1)c1ccccc1. The van der Waals surface area contributed by atoms with Crippen molar-refractivity contribution in [2.24, 2.45) is 0 Å². The fourth-order valence-corrected chi connectivity index (χ4v) is 1.94. The van der Waals surface area contributed by atoms with E-state index in [1.165, 1.54) is 0 Å². The molecule has 0 aliphatic rings. The van der Waals surface area contributed by atoms with Crippen LogP contribution in [0.2, 0.25) is 0 Å². The van der Waals surface area contributed by atoms with Crippen molar-refractivity contribution >= 4 is 5.78 Å². The Kier molecular flexibility index (Phi) is 4.87. The largest absolute Gasteiger partial charge is 0.361 e. The lowest BCUT2D eigenvalue weighted by molar-refractivity contribution is -0.131. The molecule has 0 saturated carbocycles. The number of ether oxygens (including phenoxy) is 1. The van der Waals surface area contributed by atoms with Gasteiger partial charge in [-0.1, -0.05) is 67.6 Å². The Bertz CT molecular complexity index is 505. The van der Waals surface area contributed by atoms with Crippen molar-refractivity contribution in [3.05, 3.63) is 71.8 Å². The molecule has 0 spiro atoms. The summed E-state index contributed by atoms with van der Waals surface area (Å²) in [6.45, 7) is 2.32. The van der Waals surface area contributed by atoms with E-state index in [0.29, 0.717) is 13.0 Å². The van der Waals surface area contributed by atoms with E-state index in [9.17, 15) is 4.79 Å². The number of hydrogen-bond donors (Lipinski definition) is 0. The second-order valence-corrected chi connectivity index (χ2v) is 4.41. The van der Waals surface area contributed by atoms with E-state index in [2.05, 4.69) is 0 Å². The van der Waals surface area contributed by atoms with Crippen molar-refractivity contribution in [3.8, 4) is 0 Å². The van der Waals surface area contributed by atoms with Crippen LogP contribution in [0.1, 0.15) is 30.6 Å². The Hall–Kier alpha value is -1.93. The highest BCUT2D eigenvalue weighted by Gasteiger charge is 2.19. The van der Waals surface area contributed by atoms with Gasteiger partial charge in [-0.15, -0.1) is 0 Å². The predicted octanol–water partition coefficient (Wildman–Crippen LogP) is 3.92. The first-order valence-electron chi connectivity index (χ1n) is 6.54. The van der Waals surface area contributed by atoms with Crippen LogP contribution < -0.4 is 0 Å². The third-order valence-electron chi connectivity index (χ3n) is 3.00. The first-order chi connectivity index (χ1) is 9.31. The number of carbonyl (C=O) groups excluding carboxylic acids is 1.